The number of benzene rings is 1. The van der Waals surface area contributed by atoms with Crippen LogP contribution in [0.2, 0.25) is 0 Å². The van der Waals surface area contributed by atoms with Gasteiger partial charge in [0.1, 0.15) is 17.3 Å². The molecule has 1 aliphatic heterocycles. The lowest BCUT2D eigenvalue weighted by molar-refractivity contribution is -0.144. The molecule has 30 heavy (non-hydrogen) atoms. The molecular formula is C19H21F3N6O2. The van der Waals surface area contributed by atoms with Crippen LogP contribution in [-0.2, 0) is 6.18 Å². The molecule has 0 spiro atoms. The van der Waals surface area contributed by atoms with Gasteiger partial charge in [-0.05, 0) is 13.3 Å². The second-order valence-corrected chi connectivity index (χ2v) is 7.07. The fourth-order valence-electron chi connectivity index (χ4n) is 3.51. The number of ether oxygens (including phenoxy) is 2. The Labute approximate surface area is 170 Å². The van der Waals surface area contributed by atoms with Crippen molar-refractivity contribution in [1.82, 2.24) is 19.6 Å². The molecule has 1 saturated heterocycles. The Morgan fingerprint density at radius 2 is 1.77 bits per heavy atom. The van der Waals surface area contributed by atoms with Crippen LogP contribution in [0.15, 0.2) is 24.3 Å². The summed E-state index contributed by atoms with van der Waals surface area (Å²) in [6.45, 7) is 3.13. The number of methoxy groups -OCH3 is 2. The van der Waals surface area contributed by atoms with Crippen LogP contribution in [0.4, 0.5) is 24.7 Å². The van der Waals surface area contributed by atoms with Crippen molar-refractivity contribution in [3.8, 4) is 11.5 Å². The number of halogens is 3. The largest absolute Gasteiger partial charge is 0.497 e. The quantitative estimate of drug-likeness (QED) is 0.677. The molecule has 1 fully saturated rings. The van der Waals surface area contributed by atoms with Crippen LogP contribution in [-0.4, -0.2) is 52.9 Å². The van der Waals surface area contributed by atoms with Crippen LogP contribution in [0.5, 0.6) is 11.5 Å². The number of nitrogens with zero attached hydrogens (tertiary/aromatic N) is 5. The molecule has 4 rings (SSSR count). The lowest BCUT2D eigenvalue weighted by atomic mass is 10.2. The van der Waals surface area contributed by atoms with Gasteiger partial charge in [-0.15, -0.1) is 5.10 Å². The van der Waals surface area contributed by atoms with Crippen LogP contribution in [0.3, 0.4) is 0 Å². The summed E-state index contributed by atoms with van der Waals surface area (Å²) in [5.41, 5.74) is 1.50. The number of anilines is 2. The van der Waals surface area contributed by atoms with Crippen molar-refractivity contribution >= 4 is 17.3 Å². The number of rotatable bonds is 5. The first-order valence-corrected chi connectivity index (χ1v) is 9.33. The highest BCUT2D eigenvalue weighted by Crippen LogP contribution is 2.31. The van der Waals surface area contributed by atoms with E-state index >= 15 is 0 Å². The van der Waals surface area contributed by atoms with Crippen molar-refractivity contribution in [1.29, 1.82) is 0 Å². The average Bonchev–Trinajstić information content (AvgIpc) is 3.34. The molecule has 8 nitrogen and oxygen atoms in total. The van der Waals surface area contributed by atoms with Gasteiger partial charge >= 0.3 is 6.18 Å². The molecule has 3 aromatic rings. The number of hydrogen-bond donors (Lipinski definition) is 1. The third-order valence-corrected chi connectivity index (χ3v) is 4.94. The van der Waals surface area contributed by atoms with Crippen molar-refractivity contribution in [2.45, 2.75) is 25.6 Å². The standard InChI is InChI=1S/C19H21F3N6O2/c1-11-6-16(28-18(23-11)25-17(26-28)19(20,21)22)24-12-4-5-27(10-12)13-7-14(29-2)9-15(8-13)30-3/h6-9,12,24H,4-5,10H2,1-3H3. The zero-order chi connectivity index (χ0) is 21.5. The van der Waals surface area contributed by atoms with Gasteiger partial charge in [0.25, 0.3) is 11.6 Å². The van der Waals surface area contributed by atoms with Crippen molar-refractivity contribution in [2.24, 2.45) is 0 Å². The fourth-order valence-corrected chi connectivity index (χ4v) is 3.51. The number of nitrogens with one attached hydrogen (secondary N) is 1. The summed E-state index contributed by atoms with van der Waals surface area (Å²) in [5.74, 6) is 0.511. The van der Waals surface area contributed by atoms with E-state index in [4.69, 9.17) is 9.47 Å². The van der Waals surface area contributed by atoms with E-state index in [2.05, 4.69) is 25.3 Å². The number of hydrogen-bond acceptors (Lipinski definition) is 7. The van der Waals surface area contributed by atoms with Crippen molar-refractivity contribution in [2.75, 3.05) is 37.5 Å². The zero-order valence-electron chi connectivity index (χ0n) is 16.7. The molecule has 0 amide bonds. The predicted octanol–water partition coefficient (Wildman–Crippen LogP) is 3.16. The van der Waals surface area contributed by atoms with E-state index in [1.165, 1.54) is 0 Å². The molecular weight excluding hydrogens is 401 g/mol. The van der Waals surface area contributed by atoms with Crippen LogP contribution in [0.25, 0.3) is 5.78 Å². The van der Waals surface area contributed by atoms with E-state index < -0.39 is 12.0 Å². The first-order chi connectivity index (χ1) is 14.3. The first-order valence-electron chi connectivity index (χ1n) is 9.33. The minimum atomic E-state index is -4.63. The maximum absolute atomic E-state index is 13.0. The predicted molar refractivity (Wildman–Crippen MR) is 104 cm³/mol. The number of fused-ring (bicyclic) bond motifs is 1. The summed E-state index contributed by atoms with van der Waals surface area (Å²) < 4.78 is 50.8. The zero-order valence-corrected chi connectivity index (χ0v) is 16.7. The average molecular weight is 422 g/mol. The van der Waals surface area contributed by atoms with Crippen molar-refractivity contribution < 1.29 is 22.6 Å². The summed E-state index contributed by atoms with van der Waals surface area (Å²) >= 11 is 0. The maximum Gasteiger partial charge on any atom is 0.453 e. The van der Waals surface area contributed by atoms with Gasteiger partial charge in [-0.1, -0.05) is 0 Å². The van der Waals surface area contributed by atoms with Gasteiger partial charge < -0.3 is 19.7 Å². The second kappa shape index (κ2) is 7.54. The Balaban J connectivity index is 1.56. The summed E-state index contributed by atoms with van der Waals surface area (Å²) in [4.78, 5) is 9.74. The van der Waals surface area contributed by atoms with E-state index in [9.17, 15) is 13.2 Å². The first kappa shape index (κ1) is 20.0. The minimum absolute atomic E-state index is 0.00531. The van der Waals surface area contributed by atoms with E-state index in [0.29, 0.717) is 29.6 Å². The van der Waals surface area contributed by atoms with Gasteiger partial charge in [0.15, 0.2) is 0 Å². The Morgan fingerprint density at radius 1 is 1.07 bits per heavy atom. The van der Waals surface area contributed by atoms with Crippen molar-refractivity contribution in [3.63, 3.8) is 0 Å². The number of aromatic nitrogens is 4. The van der Waals surface area contributed by atoms with Gasteiger partial charge in [-0.25, -0.2) is 4.98 Å². The molecule has 0 saturated carbocycles. The van der Waals surface area contributed by atoms with Crippen LogP contribution < -0.4 is 19.7 Å². The summed E-state index contributed by atoms with van der Waals surface area (Å²) in [6.07, 6.45) is -3.84. The molecule has 0 bridgehead atoms. The van der Waals surface area contributed by atoms with E-state index in [1.54, 1.807) is 33.3 Å². The number of alkyl halides is 3. The molecule has 3 heterocycles. The fraction of sp³-hybridized carbons (Fsp3) is 0.421. The molecule has 0 aliphatic carbocycles. The molecule has 1 aromatic carbocycles. The topological polar surface area (TPSA) is 76.8 Å². The molecule has 1 N–H and O–H groups in total. The second-order valence-electron chi connectivity index (χ2n) is 7.07. The Kier molecular flexibility index (Phi) is 5.04. The Bertz CT molecular complexity index is 1050. The minimum Gasteiger partial charge on any atom is -0.497 e. The van der Waals surface area contributed by atoms with Gasteiger partial charge in [0.05, 0.1) is 14.2 Å². The molecule has 160 valence electrons. The highest BCUT2D eigenvalue weighted by atomic mass is 19.4. The van der Waals surface area contributed by atoms with Gasteiger partial charge in [0, 0.05) is 54.8 Å². The maximum atomic E-state index is 13.0. The van der Waals surface area contributed by atoms with Crippen LogP contribution >= 0.6 is 0 Å². The highest BCUT2D eigenvalue weighted by Gasteiger charge is 2.37. The summed E-state index contributed by atoms with van der Waals surface area (Å²) in [5, 5.41) is 6.89. The lowest BCUT2D eigenvalue weighted by Crippen LogP contribution is -2.27. The molecule has 1 aliphatic rings. The normalized spacial score (nSPS) is 16.9. The Hall–Kier alpha value is -3.24. The third kappa shape index (κ3) is 3.91. The molecule has 0 radical (unpaired) electrons. The van der Waals surface area contributed by atoms with Gasteiger partial charge in [-0.3, -0.25) is 0 Å². The van der Waals surface area contributed by atoms with Crippen LogP contribution in [0.1, 0.15) is 17.9 Å². The van der Waals surface area contributed by atoms with E-state index in [-0.39, 0.29) is 11.8 Å². The smallest absolute Gasteiger partial charge is 0.453 e. The van der Waals surface area contributed by atoms with Gasteiger partial charge in [-0.2, -0.15) is 22.7 Å². The lowest BCUT2D eigenvalue weighted by Gasteiger charge is -2.21. The van der Waals surface area contributed by atoms with E-state index in [1.807, 2.05) is 12.1 Å². The summed E-state index contributed by atoms with van der Waals surface area (Å²) in [6, 6.07) is 7.32. The summed E-state index contributed by atoms with van der Waals surface area (Å²) in [7, 11) is 3.19. The molecule has 1 unspecified atom stereocenters. The third-order valence-electron chi connectivity index (χ3n) is 4.94. The Morgan fingerprint density at radius 3 is 2.40 bits per heavy atom. The highest BCUT2D eigenvalue weighted by molar-refractivity contribution is 5.57. The van der Waals surface area contributed by atoms with Crippen LogP contribution in [0, 0.1) is 6.92 Å². The SMILES string of the molecule is COc1cc(OC)cc(N2CCC(Nc3cc(C)nc4nc(C(F)(F)F)nn34)C2)c1. The molecule has 1 atom stereocenters. The van der Waals surface area contributed by atoms with Gasteiger partial charge in [0.2, 0.25) is 0 Å². The molecule has 11 heteroatoms. The molecule has 2 aromatic heterocycles. The van der Waals surface area contributed by atoms with E-state index in [0.717, 1.165) is 23.2 Å². The monoisotopic (exact) mass is 422 g/mol. The number of aryl methyl sites for hydroxylation is 1. The van der Waals surface area contributed by atoms with Crippen molar-refractivity contribution in [3.05, 3.63) is 35.8 Å².